The molecule has 0 atom stereocenters. The van der Waals surface area contributed by atoms with Crippen LogP contribution in [0.4, 0.5) is 17.3 Å². The van der Waals surface area contributed by atoms with Crippen LogP contribution in [0, 0.1) is 0 Å². The molecule has 0 fully saturated rings. The normalized spacial score (nSPS) is 12.0. The Morgan fingerprint density at radius 1 is 0.846 bits per heavy atom. The van der Waals surface area contributed by atoms with Crippen LogP contribution in [0.3, 0.4) is 0 Å². The molecule has 3 rings (SSSR count). The summed E-state index contributed by atoms with van der Waals surface area (Å²) in [6, 6.07) is 0. The Bertz CT molecular complexity index is 1450. The van der Waals surface area contributed by atoms with Gasteiger partial charge in [-0.15, -0.1) is 0 Å². The molecule has 0 spiro atoms. The van der Waals surface area contributed by atoms with Crippen molar-refractivity contribution in [2.45, 2.75) is 46.0 Å². The van der Waals surface area contributed by atoms with Crippen LogP contribution >= 0.6 is 0 Å². The number of aliphatic imine (C=N–C) groups is 1. The number of rotatable bonds is 11. The molecular formula is C25H39N7O7. The first kappa shape index (κ1) is 31.4. The van der Waals surface area contributed by atoms with Gasteiger partial charge < -0.3 is 20.5 Å². The van der Waals surface area contributed by atoms with Crippen molar-refractivity contribution in [3.8, 4) is 0 Å². The number of anilines is 2. The van der Waals surface area contributed by atoms with E-state index in [1.807, 2.05) is 6.92 Å². The number of aromatic nitrogens is 4. The van der Waals surface area contributed by atoms with Crippen molar-refractivity contribution < 1.29 is 14.3 Å². The number of carbonyl (C=O) groups is 1. The molecule has 3 N–H and O–H groups in total. The van der Waals surface area contributed by atoms with E-state index in [1.165, 1.54) is 25.7 Å². The summed E-state index contributed by atoms with van der Waals surface area (Å²) in [4.78, 5) is 63.4. The number of hydrogen-bond donors (Lipinski definition) is 2. The maximum atomic E-state index is 12.0. The summed E-state index contributed by atoms with van der Waals surface area (Å²) in [5.41, 5.74) is 5.35. The molecule has 0 radical (unpaired) electrons. The average Bonchev–Trinajstić information content (AvgIpc) is 3.36. The SMILES string of the molecule is CCCOCCC(=O)Nc1c(N)n(C)c(=O)n(C)c1=O.CCCOCCC1=Nc2c(c(=O)n(C)c(=O)n2C)C1. The molecule has 14 nitrogen and oxygen atoms in total. The summed E-state index contributed by atoms with van der Waals surface area (Å²) >= 11 is 0. The molecule has 216 valence electrons. The molecule has 1 aliphatic heterocycles. The third-order valence-electron chi connectivity index (χ3n) is 6.05. The molecule has 0 aromatic carbocycles. The zero-order valence-corrected chi connectivity index (χ0v) is 23.5. The first-order valence-electron chi connectivity index (χ1n) is 12.8. The Balaban J connectivity index is 0.000000274. The van der Waals surface area contributed by atoms with E-state index < -0.39 is 11.2 Å². The number of fused-ring (bicyclic) bond motifs is 1. The quantitative estimate of drug-likeness (QED) is 0.367. The second-order valence-electron chi connectivity index (χ2n) is 9.10. The molecule has 0 saturated carbocycles. The van der Waals surface area contributed by atoms with Gasteiger partial charge in [-0.3, -0.25) is 32.7 Å². The minimum atomic E-state index is -0.631. The van der Waals surface area contributed by atoms with Gasteiger partial charge in [0.1, 0.15) is 17.3 Å². The Morgan fingerprint density at radius 3 is 2.03 bits per heavy atom. The molecule has 14 heteroatoms. The van der Waals surface area contributed by atoms with E-state index in [1.54, 1.807) is 7.05 Å². The van der Waals surface area contributed by atoms with Crippen molar-refractivity contribution in [3.63, 3.8) is 0 Å². The molecule has 3 heterocycles. The second kappa shape index (κ2) is 14.4. The lowest BCUT2D eigenvalue weighted by molar-refractivity contribution is -0.117. The Morgan fingerprint density at radius 2 is 1.41 bits per heavy atom. The Labute approximate surface area is 225 Å². The third-order valence-corrected chi connectivity index (χ3v) is 6.05. The van der Waals surface area contributed by atoms with Crippen LogP contribution in [-0.2, 0) is 48.9 Å². The largest absolute Gasteiger partial charge is 0.383 e. The number of hydrogen-bond acceptors (Lipinski definition) is 9. The fourth-order valence-electron chi connectivity index (χ4n) is 3.76. The van der Waals surface area contributed by atoms with Gasteiger partial charge in [0.25, 0.3) is 11.1 Å². The summed E-state index contributed by atoms with van der Waals surface area (Å²) in [7, 11) is 5.88. The lowest BCUT2D eigenvalue weighted by Gasteiger charge is -2.12. The van der Waals surface area contributed by atoms with Crippen molar-refractivity contribution in [2.24, 2.45) is 33.2 Å². The number of amides is 1. The van der Waals surface area contributed by atoms with E-state index in [-0.39, 0.29) is 41.7 Å². The fourth-order valence-corrected chi connectivity index (χ4v) is 3.76. The maximum absolute atomic E-state index is 12.0. The predicted octanol–water partition coefficient (Wildman–Crippen LogP) is -0.0493. The highest BCUT2D eigenvalue weighted by Gasteiger charge is 2.22. The molecule has 0 aliphatic carbocycles. The molecule has 1 amide bonds. The predicted molar refractivity (Wildman–Crippen MR) is 149 cm³/mol. The highest BCUT2D eigenvalue weighted by atomic mass is 16.5. The van der Waals surface area contributed by atoms with Gasteiger partial charge in [0.05, 0.1) is 25.2 Å². The zero-order valence-electron chi connectivity index (χ0n) is 23.5. The van der Waals surface area contributed by atoms with Gasteiger partial charge >= 0.3 is 11.4 Å². The van der Waals surface area contributed by atoms with Gasteiger partial charge in [0.15, 0.2) is 0 Å². The monoisotopic (exact) mass is 549 g/mol. The Hall–Kier alpha value is -3.78. The van der Waals surface area contributed by atoms with Crippen LogP contribution in [0.5, 0.6) is 0 Å². The number of nitrogens with two attached hydrogens (primary N) is 1. The summed E-state index contributed by atoms with van der Waals surface area (Å²) in [6.45, 7) is 6.22. The van der Waals surface area contributed by atoms with Crippen molar-refractivity contribution in [1.82, 2.24) is 18.3 Å². The lowest BCUT2D eigenvalue weighted by Crippen LogP contribution is -2.40. The number of nitrogen functional groups attached to an aromatic ring is 1. The van der Waals surface area contributed by atoms with Crippen molar-refractivity contribution in [1.29, 1.82) is 0 Å². The smallest absolute Gasteiger partial charge is 0.332 e. The summed E-state index contributed by atoms with van der Waals surface area (Å²) < 4.78 is 15.2. The van der Waals surface area contributed by atoms with Crippen LogP contribution in [0.25, 0.3) is 0 Å². The van der Waals surface area contributed by atoms with Crippen LogP contribution in [0.1, 0.15) is 45.1 Å². The van der Waals surface area contributed by atoms with Crippen LogP contribution in [0.15, 0.2) is 24.2 Å². The first-order chi connectivity index (χ1) is 18.5. The van der Waals surface area contributed by atoms with E-state index in [9.17, 15) is 24.0 Å². The van der Waals surface area contributed by atoms with Gasteiger partial charge in [-0.1, -0.05) is 13.8 Å². The highest BCUT2D eigenvalue weighted by molar-refractivity contribution is 5.93. The molecule has 0 bridgehead atoms. The van der Waals surface area contributed by atoms with E-state index in [0.717, 1.165) is 38.9 Å². The maximum Gasteiger partial charge on any atom is 0.332 e. The van der Waals surface area contributed by atoms with Gasteiger partial charge in [0, 0.05) is 60.0 Å². The van der Waals surface area contributed by atoms with Crippen LogP contribution in [-0.4, -0.2) is 56.3 Å². The van der Waals surface area contributed by atoms with E-state index >= 15 is 0 Å². The Kier molecular flexibility index (Phi) is 11.6. The van der Waals surface area contributed by atoms with E-state index in [0.29, 0.717) is 37.4 Å². The van der Waals surface area contributed by atoms with Crippen molar-refractivity contribution in [2.75, 3.05) is 37.5 Å². The molecule has 0 saturated heterocycles. The van der Waals surface area contributed by atoms with Crippen molar-refractivity contribution in [3.05, 3.63) is 47.2 Å². The van der Waals surface area contributed by atoms with Gasteiger partial charge in [-0.2, -0.15) is 0 Å². The van der Waals surface area contributed by atoms with Gasteiger partial charge in [-0.25, -0.2) is 14.6 Å². The topological polar surface area (TPSA) is 174 Å². The minimum Gasteiger partial charge on any atom is -0.383 e. The zero-order chi connectivity index (χ0) is 29.3. The van der Waals surface area contributed by atoms with Crippen LogP contribution in [0.2, 0.25) is 0 Å². The molecule has 1 aliphatic rings. The van der Waals surface area contributed by atoms with Gasteiger partial charge in [-0.05, 0) is 12.8 Å². The average molecular weight is 550 g/mol. The summed E-state index contributed by atoms with van der Waals surface area (Å²) in [5.74, 6) is 0.0445. The van der Waals surface area contributed by atoms with Gasteiger partial charge in [0.2, 0.25) is 5.91 Å². The molecule has 2 aromatic rings. The molecule has 0 unspecified atom stereocenters. The fraction of sp³-hybridized carbons (Fsp3) is 0.600. The summed E-state index contributed by atoms with van der Waals surface area (Å²) in [5, 5.41) is 2.43. The first-order valence-corrected chi connectivity index (χ1v) is 12.8. The number of carbonyl (C=O) groups excluding carboxylic acids is 1. The highest BCUT2D eigenvalue weighted by Crippen LogP contribution is 2.22. The van der Waals surface area contributed by atoms with Crippen molar-refractivity contribution >= 4 is 28.9 Å². The lowest BCUT2D eigenvalue weighted by atomic mass is 10.1. The van der Waals surface area contributed by atoms with Crippen LogP contribution < -0.4 is 33.5 Å². The number of ether oxygens (including phenoxy) is 2. The standard InChI is InChI=1S/C13H19N3O3.C12H20N4O4/c1-4-6-19-7-5-9-8-10-11(14-9)15(2)13(18)16(3)12(10)17;1-4-6-20-7-5-8(17)14-9-10(13)15(2)12(19)16(3)11(9)18/h4-8H2,1-3H3;4-7,13H2,1-3H3,(H,14,17). The summed E-state index contributed by atoms with van der Waals surface area (Å²) in [6.07, 6.45) is 3.20. The molecule has 39 heavy (non-hydrogen) atoms. The third kappa shape index (κ3) is 7.63. The second-order valence-corrected chi connectivity index (χ2v) is 9.10. The molecular weight excluding hydrogens is 510 g/mol. The number of nitrogens with zero attached hydrogens (tertiary/aromatic N) is 5. The minimum absolute atomic E-state index is 0.0686. The van der Waals surface area contributed by atoms with E-state index in [4.69, 9.17) is 15.2 Å². The van der Waals surface area contributed by atoms with E-state index in [2.05, 4.69) is 17.2 Å². The molecule has 2 aromatic heterocycles. The number of nitrogens with one attached hydrogen (secondary N) is 1.